The molecule has 2 heterocycles. The van der Waals surface area contributed by atoms with Gasteiger partial charge in [0.15, 0.2) is 0 Å². The Labute approximate surface area is 132 Å². The minimum atomic E-state index is 0.676. The molecule has 0 aliphatic rings. The Kier molecular flexibility index (Phi) is 2.88. The molecular weight excluding hydrogens is 290 g/mol. The molecule has 0 amide bonds. The van der Waals surface area contributed by atoms with E-state index in [1.54, 1.807) is 6.20 Å². The molecule has 0 spiro atoms. The molecule has 0 N–H and O–H groups in total. The Morgan fingerprint density at radius 1 is 1.05 bits per heavy atom. The molecular formula is C18H11N3S. The quantitative estimate of drug-likeness (QED) is 0.531. The van der Waals surface area contributed by atoms with E-state index in [0.717, 1.165) is 32.4 Å². The molecule has 0 saturated carbocycles. The predicted molar refractivity (Wildman–Crippen MR) is 90.5 cm³/mol. The lowest BCUT2D eigenvalue weighted by atomic mass is 10.0. The van der Waals surface area contributed by atoms with Gasteiger partial charge >= 0.3 is 0 Å². The van der Waals surface area contributed by atoms with Gasteiger partial charge in [0.05, 0.1) is 34.1 Å². The van der Waals surface area contributed by atoms with Gasteiger partial charge in [-0.15, -0.1) is 12.6 Å². The number of benzene rings is 2. The topological polar surface area (TPSA) is 41.6 Å². The average molecular weight is 301 g/mol. The third kappa shape index (κ3) is 1.80. The van der Waals surface area contributed by atoms with Crippen LogP contribution in [0.5, 0.6) is 0 Å². The maximum atomic E-state index is 9.30. The smallest absolute Gasteiger partial charge is 0.0998 e. The second-order valence-corrected chi connectivity index (χ2v) is 5.52. The van der Waals surface area contributed by atoms with Crippen LogP contribution in [0.2, 0.25) is 0 Å². The Balaban J connectivity index is 2.14. The normalized spacial score (nSPS) is 10.9. The minimum absolute atomic E-state index is 0.676. The molecule has 0 atom stereocenters. The zero-order valence-corrected chi connectivity index (χ0v) is 12.5. The highest BCUT2D eigenvalue weighted by molar-refractivity contribution is 7.80. The molecule has 0 bridgehead atoms. The van der Waals surface area contributed by atoms with Crippen LogP contribution in [-0.2, 0) is 0 Å². The van der Waals surface area contributed by atoms with E-state index in [1.165, 1.54) is 0 Å². The maximum absolute atomic E-state index is 9.30. The lowest BCUT2D eigenvalue weighted by molar-refractivity contribution is 1.00. The van der Waals surface area contributed by atoms with Crippen LogP contribution in [0.25, 0.3) is 27.4 Å². The van der Waals surface area contributed by atoms with Gasteiger partial charge in [0.25, 0.3) is 0 Å². The Bertz CT molecular complexity index is 1060. The van der Waals surface area contributed by atoms with E-state index in [4.69, 9.17) is 0 Å². The van der Waals surface area contributed by atoms with Gasteiger partial charge < -0.3 is 4.57 Å². The maximum Gasteiger partial charge on any atom is 0.0998 e. The molecule has 4 rings (SSSR count). The molecule has 0 aliphatic heterocycles. The van der Waals surface area contributed by atoms with E-state index in [-0.39, 0.29) is 0 Å². The molecule has 2 aromatic carbocycles. The van der Waals surface area contributed by atoms with Crippen LogP contribution in [0.1, 0.15) is 5.56 Å². The molecule has 0 aliphatic carbocycles. The van der Waals surface area contributed by atoms with E-state index in [1.807, 2.05) is 54.7 Å². The fourth-order valence-electron chi connectivity index (χ4n) is 2.86. The SMILES string of the molecule is N#Cc1ccc(-n2c(S)cc3ccncc32)c2ccccc12. The fraction of sp³-hybridized carbons (Fsp3) is 0. The summed E-state index contributed by atoms with van der Waals surface area (Å²) in [6.07, 6.45) is 3.61. The number of nitriles is 1. The van der Waals surface area contributed by atoms with Gasteiger partial charge in [0.2, 0.25) is 0 Å². The van der Waals surface area contributed by atoms with E-state index in [9.17, 15) is 5.26 Å². The van der Waals surface area contributed by atoms with E-state index >= 15 is 0 Å². The molecule has 4 heteroatoms. The van der Waals surface area contributed by atoms with Crippen molar-refractivity contribution < 1.29 is 0 Å². The first-order valence-electron chi connectivity index (χ1n) is 6.86. The predicted octanol–water partition coefficient (Wildman–Crippen LogP) is 4.34. The number of fused-ring (bicyclic) bond motifs is 2. The van der Waals surface area contributed by atoms with Crippen molar-refractivity contribution in [2.75, 3.05) is 0 Å². The second-order valence-electron chi connectivity index (χ2n) is 5.06. The highest BCUT2D eigenvalue weighted by Gasteiger charge is 2.12. The van der Waals surface area contributed by atoms with E-state index in [2.05, 4.69) is 28.2 Å². The summed E-state index contributed by atoms with van der Waals surface area (Å²) in [5.74, 6) is 0. The van der Waals surface area contributed by atoms with Gasteiger partial charge in [0, 0.05) is 22.4 Å². The summed E-state index contributed by atoms with van der Waals surface area (Å²) in [5, 5.41) is 13.2. The molecule has 2 aromatic heterocycles. The first kappa shape index (κ1) is 12.9. The zero-order valence-electron chi connectivity index (χ0n) is 11.6. The van der Waals surface area contributed by atoms with Crippen molar-refractivity contribution in [1.82, 2.24) is 9.55 Å². The van der Waals surface area contributed by atoms with Crippen molar-refractivity contribution in [3.63, 3.8) is 0 Å². The Hall–Kier alpha value is -2.77. The molecule has 0 saturated heterocycles. The first-order valence-corrected chi connectivity index (χ1v) is 7.31. The van der Waals surface area contributed by atoms with Gasteiger partial charge in [0.1, 0.15) is 0 Å². The Morgan fingerprint density at radius 3 is 2.68 bits per heavy atom. The highest BCUT2D eigenvalue weighted by Crippen LogP contribution is 2.31. The van der Waals surface area contributed by atoms with Crippen LogP contribution in [0.15, 0.2) is 66.0 Å². The van der Waals surface area contributed by atoms with E-state index < -0.39 is 0 Å². The first-order chi connectivity index (χ1) is 10.8. The summed E-state index contributed by atoms with van der Waals surface area (Å²) in [7, 11) is 0. The van der Waals surface area contributed by atoms with Crippen LogP contribution >= 0.6 is 12.6 Å². The molecule has 0 fully saturated rings. The molecule has 104 valence electrons. The van der Waals surface area contributed by atoms with Crippen LogP contribution in [0.4, 0.5) is 0 Å². The summed E-state index contributed by atoms with van der Waals surface area (Å²) >= 11 is 4.61. The molecule has 22 heavy (non-hydrogen) atoms. The van der Waals surface area contributed by atoms with Crippen molar-refractivity contribution in [2.24, 2.45) is 0 Å². The number of pyridine rings is 1. The summed E-state index contributed by atoms with van der Waals surface area (Å²) in [6, 6.07) is 18.0. The summed E-state index contributed by atoms with van der Waals surface area (Å²) in [6.45, 7) is 0. The highest BCUT2D eigenvalue weighted by atomic mass is 32.1. The summed E-state index contributed by atoms with van der Waals surface area (Å²) < 4.78 is 2.06. The number of hydrogen-bond donors (Lipinski definition) is 1. The molecule has 0 unspecified atom stereocenters. The van der Waals surface area contributed by atoms with Crippen molar-refractivity contribution in [2.45, 2.75) is 5.03 Å². The molecule has 0 radical (unpaired) electrons. The van der Waals surface area contributed by atoms with Gasteiger partial charge in [-0.1, -0.05) is 24.3 Å². The van der Waals surface area contributed by atoms with Crippen LogP contribution in [0.3, 0.4) is 0 Å². The van der Waals surface area contributed by atoms with Crippen LogP contribution in [-0.4, -0.2) is 9.55 Å². The van der Waals surface area contributed by atoms with Crippen molar-refractivity contribution in [1.29, 1.82) is 5.26 Å². The van der Waals surface area contributed by atoms with Crippen LogP contribution in [0, 0.1) is 11.3 Å². The van der Waals surface area contributed by atoms with Crippen molar-refractivity contribution in [3.05, 3.63) is 66.5 Å². The number of aromatic nitrogens is 2. The van der Waals surface area contributed by atoms with Gasteiger partial charge in [-0.25, -0.2) is 0 Å². The number of nitrogens with zero attached hydrogens (tertiary/aromatic N) is 3. The minimum Gasteiger partial charge on any atom is -0.302 e. The second kappa shape index (κ2) is 4.90. The van der Waals surface area contributed by atoms with Gasteiger partial charge in [-0.2, -0.15) is 5.26 Å². The average Bonchev–Trinajstić information content (AvgIpc) is 2.89. The summed E-state index contributed by atoms with van der Waals surface area (Å²) in [4.78, 5) is 4.22. The van der Waals surface area contributed by atoms with Gasteiger partial charge in [-0.05, 0) is 24.3 Å². The lowest BCUT2D eigenvalue weighted by Gasteiger charge is -2.12. The van der Waals surface area contributed by atoms with E-state index in [0.29, 0.717) is 5.56 Å². The largest absolute Gasteiger partial charge is 0.302 e. The van der Waals surface area contributed by atoms with Gasteiger partial charge in [-0.3, -0.25) is 4.98 Å². The number of rotatable bonds is 1. The number of thiol groups is 1. The van der Waals surface area contributed by atoms with Crippen molar-refractivity contribution >= 4 is 34.3 Å². The third-order valence-corrected chi connectivity index (χ3v) is 4.18. The fourth-order valence-corrected chi connectivity index (χ4v) is 3.22. The Morgan fingerprint density at radius 2 is 1.86 bits per heavy atom. The standard InChI is InChI=1S/C18H11N3S/c19-10-13-5-6-16(15-4-2-1-3-14(13)15)21-17-11-20-8-7-12(17)9-18(21)22/h1-9,11,22H. The van der Waals surface area contributed by atoms with Crippen molar-refractivity contribution in [3.8, 4) is 11.8 Å². The monoisotopic (exact) mass is 301 g/mol. The molecule has 4 aromatic rings. The molecule has 3 nitrogen and oxygen atoms in total. The summed E-state index contributed by atoms with van der Waals surface area (Å²) in [5.41, 5.74) is 2.68. The zero-order chi connectivity index (χ0) is 15.1. The van der Waals surface area contributed by atoms with Crippen LogP contribution < -0.4 is 0 Å². The lowest BCUT2D eigenvalue weighted by Crippen LogP contribution is -1.97. The number of hydrogen-bond acceptors (Lipinski definition) is 3. The third-order valence-electron chi connectivity index (χ3n) is 3.85.